The molecule has 5 nitrogen and oxygen atoms in total. The molecule has 2 aromatic rings. The molecule has 3 rings (SSSR count). The number of rotatable bonds is 3. The van der Waals surface area contributed by atoms with Gasteiger partial charge >= 0.3 is 0 Å². The molecule has 1 saturated heterocycles. The van der Waals surface area contributed by atoms with Crippen molar-refractivity contribution in [3.63, 3.8) is 0 Å². The Bertz CT molecular complexity index is 698. The summed E-state index contributed by atoms with van der Waals surface area (Å²) in [7, 11) is 0. The fourth-order valence-corrected chi connectivity index (χ4v) is 2.65. The van der Waals surface area contributed by atoms with E-state index in [-0.39, 0.29) is 17.6 Å². The van der Waals surface area contributed by atoms with Crippen molar-refractivity contribution in [3.05, 3.63) is 48.6 Å². The predicted octanol–water partition coefficient (Wildman–Crippen LogP) is 2.77. The van der Waals surface area contributed by atoms with Crippen molar-refractivity contribution in [2.45, 2.75) is 18.8 Å². The third-order valence-electron chi connectivity index (χ3n) is 3.78. The Labute approximate surface area is 127 Å². The van der Waals surface area contributed by atoms with Gasteiger partial charge in [0.15, 0.2) is 0 Å². The lowest BCUT2D eigenvalue weighted by Crippen LogP contribution is -2.38. The van der Waals surface area contributed by atoms with E-state index >= 15 is 0 Å². The van der Waals surface area contributed by atoms with Gasteiger partial charge in [-0.05, 0) is 31.1 Å². The van der Waals surface area contributed by atoms with E-state index in [1.807, 2.05) is 0 Å². The topological polar surface area (TPSA) is 59.2 Å². The first-order valence-corrected chi connectivity index (χ1v) is 7.18. The van der Waals surface area contributed by atoms with Gasteiger partial charge in [-0.2, -0.15) is 4.98 Å². The first kappa shape index (κ1) is 14.4. The zero-order valence-electron chi connectivity index (χ0n) is 12.0. The summed E-state index contributed by atoms with van der Waals surface area (Å²) in [6, 6.07) is 6.06. The van der Waals surface area contributed by atoms with Gasteiger partial charge < -0.3 is 9.42 Å². The lowest BCUT2D eigenvalue weighted by atomic mass is 9.98. The second-order valence-electron chi connectivity index (χ2n) is 5.29. The van der Waals surface area contributed by atoms with Gasteiger partial charge in [0.05, 0.1) is 5.92 Å². The Morgan fingerprint density at radius 1 is 1.50 bits per heavy atom. The van der Waals surface area contributed by atoms with E-state index in [9.17, 15) is 9.18 Å². The van der Waals surface area contributed by atoms with Gasteiger partial charge in [-0.15, -0.1) is 0 Å². The maximum absolute atomic E-state index is 13.3. The normalized spacial score (nSPS) is 18.2. The van der Waals surface area contributed by atoms with Crippen LogP contribution >= 0.6 is 0 Å². The van der Waals surface area contributed by atoms with Gasteiger partial charge in [0, 0.05) is 18.7 Å². The molecule has 1 amide bonds. The number of carbonyl (C=O) groups excluding carboxylic acids is 1. The largest absolute Gasteiger partial charge is 0.339 e. The van der Waals surface area contributed by atoms with Gasteiger partial charge in [-0.1, -0.05) is 23.9 Å². The molecule has 114 valence electrons. The van der Waals surface area contributed by atoms with E-state index in [2.05, 4.69) is 16.7 Å². The third kappa shape index (κ3) is 2.90. The molecule has 0 spiro atoms. The lowest BCUT2D eigenvalue weighted by molar-refractivity contribution is -0.127. The summed E-state index contributed by atoms with van der Waals surface area (Å²) in [5, 5.41) is 3.92. The molecule has 2 heterocycles. The number of benzene rings is 1. The van der Waals surface area contributed by atoms with Gasteiger partial charge in [0.1, 0.15) is 5.82 Å². The van der Waals surface area contributed by atoms with Crippen molar-refractivity contribution < 1.29 is 13.7 Å². The Morgan fingerprint density at radius 2 is 2.36 bits per heavy atom. The number of nitrogens with zero attached hydrogens (tertiary/aromatic N) is 3. The quantitative estimate of drug-likeness (QED) is 0.818. The number of likely N-dealkylation sites (tertiary alicyclic amines) is 1. The highest BCUT2D eigenvalue weighted by Gasteiger charge is 2.27. The van der Waals surface area contributed by atoms with Crippen molar-refractivity contribution >= 4 is 5.91 Å². The summed E-state index contributed by atoms with van der Waals surface area (Å²) >= 11 is 0. The molecule has 1 fully saturated rings. The average molecular weight is 301 g/mol. The minimum atomic E-state index is -0.343. The van der Waals surface area contributed by atoms with Crippen molar-refractivity contribution in [2.24, 2.45) is 0 Å². The highest BCUT2D eigenvalue weighted by Crippen LogP contribution is 2.27. The van der Waals surface area contributed by atoms with Crippen molar-refractivity contribution in [2.75, 3.05) is 13.1 Å². The smallest absolute Gasteiger partial charge is 0.245 e. The predicted molar refractivity (Wildman–Crippen MR) is 78.4 cm³/mol. The number of aromatic nitrogens is 2. The number of hydrogen-bond acceptors (Lipinski definition) is 4. The summed E-state index contributed by atoms with van der Waals surface area (Å²) < 4.78 is 18.6. The van der Waals surface area contributed by atoms with E-state index < -0.39 is 0 Å². The summed E-state index contributed by atoms with van der Waals surface area (Å²) in [6.07, 6.45) is 3.07. The number of halogens is 1. The molecular weight excluding hydrogens is 285 g/mol. The SMILES string of the molecule is C=CC(=O)N1CCC[C@H](c2nc(-c3cccc(F)c3)no2)C1. The zero-order valence-corrected chi connectivity index (χ0v) is 12.0. The van der Waals surface area contributed by atoms with E-state index in [1.165, 1.54) is 18.2 Å². The number of hydrogen-bond donors (Lipinski definition) is 0. The van der Waals surface area contributed by atoms with Crippen LogP contribution in [-0.2, 0) is 4.79 Å². The Hall–Kier alpha value is -2.50. The summed E-state index contributed by atoms with van der Waals surface area (Å²) in [4.78, 5) is 17.8. The molecule has 1 aliphatic rings. The molecule has 0 radical (unpaired) electrons. The highest BCUT2D eigenvalue weighted by atomic mass is 19.1. The Balaban J connectivity index is 1.78. The Kier molecular flexibility index (Phi) is 4.00. The zero-order chi connectivity index (χ0) is 15.5. The molecule has 0 unspecified atom stereocenters. The van der Waals surface area contributed by atoms with Crippen LogP contribution in [0.2, 0.25) is 0 Å². The van der Waals surface area contributed by atoms with Crippen LogP contribution in [0, 0.1) is 5.82 Å². The fourth-order valence-electron chi connectivity index (χ4n) is 2.65. The van der Waals surface area contributed by atoms with Crippen LogP contribution in [0.4, 0.5) is 4.39 Å². The van der Waals surface area contributed by atoms with Gasteiger partial charge in [-0.3, -0.25) is 4.79 Å². The molecule has 0 saturated carbocycles. The second-order valence-corrected chi connectivity index (χ2v) is 5.29. The lowest BCUT2D eigenvalue weighted by Gasteiger charge is -2.30. The minimum Gasteiger partial charge on any atom is -0.339 e. The third-order valence-corrected chi connectivity index (χ3v) is 3.78. The standard InChI is InChI=1S/C16H16FN3O2/c1-2-14(21)20-8-4-6-12(10-20)16-18-15(19-22-16)11-5-3-7-13(17)9-11/h2-3,5,7,9,12H,1,4,6,8,10H2/t12-/m0/s1. The molecule has 1 atom stereocenters. The summed E-state index contributed by atoms with van der Waals surface area (Å²) in [6.45, 7) is 4.76. The van der Waals surface area contributed by atoms with Crippen molar-refractivity contribution in [3.8, 4) is 11.4 Å². The van der Waals surface area contributed by atoms with Gasteiger partial charge in [0.2, 0.25) is 17.6 Å². The maximum Gasteiger partial charge on any atom is 0.245 e. The van der Waals surface area contributed by atoms with Crippen LogP contribution in [0.1, 0.15) is 24.7 Å². The first-order chi connectivity index (χ1) is 10.7. The average Bonchev–Trinajstić information content (AvgIpc) is 3.04. The monoisotopic (exact) mass is 301 g/mol. The second kappa shape index (κ2) is 6.09. The highest BCUT2D eigenvalue weighted by molar-refractivity contribution is 5.87. The van der Waals surface area contributed by atoms with Gasteiger partial charge in [-0.25, -0.2) is 4.39 Å². The van der Waals surface area contributed by atoms with E-state index in [4.69, 9.17) is 4.52 Å². The van der Waals surface area contributed by atoms with E-state index in [1.54, 1.807) is 17.0 Å². The molecule has 0 aliphatic carbocycles. The molecule has 1 aromatic carbocycles. The van der Waals surface area contributed by atoms with E-state index in [0.29, 0.717) is 30.4 Å². The number of piperidine rings is 1. The van der Waals surface area contributed by atoms with Crippen LogP contribution < -0.4 is 0 Å². The summed E-state index contributed by atoms with van der Waals surface area (Å²) in [5.74, 6) is 0.425. The molecular formula is C16H16FN3O2. The molecule has 6 heteroatoms. The molecule has 1 aliphatic heterocycles. The summed E-state index contributed by atoms with van der Waals surface area (Å²) in [5.41, 5.74) is 0.574. The van der Waals surface area contributed by atoms with Crippen molar-refractivity contribution in [1.29, 1.82) is 0 Å². The molecule has 22 heavy (non-hydrogen) atoms. The molecule has 0 bridgehead atoms. The molecule has 1 aromatic heterocycles. The van der Waals surface area contributed by atoms with E-state index in [0.717, 1.165) is 12.8 Å². The minimum absolute atomic E-state index is 0.00691. The molecule has 0 N–H and O–H groups in total. The van der Waals surface area contributed by atoms with Crippen LogP contribution in [0.5, 0.6) is 0 Å². The first-order valence-electron chi connectivity index (χ1n) is 7.18. The number of amides is 1. The van der Waals surface area contributed by atoms with Crippen LogP contribution in [0.3, 0.4) is 0 Å². The van der Waals surface area contributed by atoms with Crippen LogP contribution in [-0.4, -0.2) is 34.0 Å². The van der Waals surface area contributed by atoms with Crippen LogP contribution in [0.15, 0.2) is 41.4 Å². The van der Waals surface area contributed by atoms with Gasteiger partial charge in [0.25, 0.3) is 0 Å². The van der Waals surface area contributed by atoms with Crippen molar-refractivity contribution in [1.82, 2.24) is 15.0 Å². The van der Waals surface area contributed by atoms with Crippen LogP contribution in [0.25, 0.3) is 11.4 Å². The Morgan fingerprint density at radius 3 is 3.14 bits per heavy atom. The fraction of sp³-hybridized carbons (Fsp3) is 0.312. The number of carbonyl (C=O) groups is 1. The maximum atomic E-state index is 13.3.